The molecule has 2 amide bonds. The molecule has 0 aliphatic carbocycles. The van der Waals surface area contributed by atoms with Crippen molar-refractivity contribution in [3.05, 3.63) is 0 Å². The Bertz CT molecular complexity index is 314. The normalized spacial score (nSPS) is 13.5. The van der Waals surface area contributed by atoms with Crippen molar-refractivity contribution < 1.29 is 19.5 Å². The van der Waals surface area contributed by atoms with Crippen LogP contribution in [0.4, 0.5) is 0 Å². The number of carbonyl (C=O) groups excluding carboxylic acids is 2. The second-order valence-electron chi connectivity index (χ2n) is 3.42. The van der Waals surface area contributed by atoms with Gasteiger partial charge in [-0.1, -0.05) is 0 Å². The van der Waals surface area contributed by atoms with Crippen LogP contribution in [-0.4, -0.2) is 53.0 Å². The standard InChI is InChI=1S/C9H17N3O4S2/c10-3-7(13)11-6(4-18)8(14)12-5(1-2-17)9(15)16/h5-6,17-18H,1-4,10H2,(H,11,13)(H,12,14)(H,15,16). The first-order valence-corrected chi connectivity index (χ1v) is 6.47. The fourth-order valence-electron chi connectivity index (χ4n) is 1.11. The van der Waals surface area contributed by atoms with Crippen molar-refractivity contribution in [2.45, 2.75) is 18.5 Å². The van der Waals surface area contributed by atoms with Gasteiger partial charge in [-0.2, -0.15) is 25.3 Å². The molecule has 0 radical (unpaired) electrons. The van der Waals surface area contributed by atoms with Gasteiger partial charge in [-0.05, 0) is 12.2 Å². The Morgan fingerprint density at radius 2 is 1.78 bits per heavy atom. The van der Waals surface area contributed by atoms with Crippen LogP contribution in [0.15, 0.2) is 0 Å². The highest BCUT2D eigenvalue weighted by Gasteiger charge is 2.24. The molecule has 0 aliphatic heterocycles. The molecule has 9 heteroatoms. The number of thiol groups is 2. The molecule has 18 heavy (non-hydrogen) atoms. The average Bonchev–Trinajstić information content (AvgIpc) is 2.34. The Morgan fingerprint density at radius 3 is 2.17 bits per heavy atom. The molecule has 0 fully saturated rings. The zero-order chi connectivity index (χ0) is 14.1. The van der Waals surface area contributed by atoms with Gasteiger partial charge in [0.1, 0.15) is 12.1 Å². The number of hydrogen-bond donors (Lipinski definition) is 6. The predicted octanol–water partition coefficient (Wildman–Crippen LogP) is -1.75. The molecule has 0 aromatic heterocycles. The average molecular weight is 295 g/mol. The SMILES string of the molecule is NCC(=O)NC(CS)C(=O)NC(CCS)C(=O)O. The fraction of sp³-hybridized carbons (Fsp3) is 0.667. The van der Waals surface area contributed by atoms with Gasteiger partial charge in [0, 0.05) is 5.75 Å². The minimum Gasteiger partial charge on any atom is -0.480 e. The van der Waals surface area contributed by atoms with Crippen LogP contribution in [-0.2, 0) is 14.4 Å². The first kappa shape index (κ1) is 17.1. The van der Waals surface area contributed by atoms with E-state index in [1.807, 2.05) is 0 Å². The Labute approximate surface area is 116 Å². The summed E-state index contributed by atoms with van der Waals surface area (Å²) in [6, 6.07) is -1.95. The topological polar surface area (TPSA) is 122 Å². The summed E-state index contributed by atoms with van der Waals surface area (Å²) in [6.07, 6.45) is 0.189. The Kier molecular flexibility index (Phi) is 8.59. The molecule has 0 rings (SSSR count). The van der Waals surface area contributed by atoms with Crippen LogP contribution in [0.5, 0.6) is 0 Å². The molecule has 7 nitrogen and oxygen atoms in total. The van der Waals surface area contributed by atoms with E-state index in [2.05, 4.69) is 35.9 Å². The molecule has 2 atom stereocenters. The molecule has 0 bridgehead atoms. The minimum atomic E-state index is -1.15. The Hall–Kier alpha value is -0.930. The van der Waals surface area contributed by atoms with Crippen molar-refractivity contribution in [3.8, 4) is 0 Å². The summed E-state index contributed by atoms with van der Waals surface area (Å²) in [5, 5.41) is 13.5. The summed E-state index contributed by atoms with van der Waals surface area (Å²) in [6.45, 7) is -0.253. The molecule has 5 N–H and O–H groups in total. The lowest BCUT2D eigenvalue weighted by atomic mass is 10.2. The van der Waals surface area contributed by atoms with Crippen LogP contribution < -0.4 is 16.4 Å². The number of amides is 2. The maximum Gasteiger partial charge on any atom is 0.326 e. The minimum absolute atomic E-state index is 0.0464. The highest BCUT2D eigenvalue weighted by molar-refractivity contribution is 7.80. The van der Waals surface area contributed by atoms with E-state index in [0.29, 0.717) is 5.75 Å². The fourth-order valence-corrected chi connectivity index (χ4v) is 1.62. The lowest BCUT2D eigenvalue weighted by molar-refractivity contribution is -0.142. The van der Waals surface area contributed by atoms with Gasteiger partial charge in [0.15, 0.2) is 0 Å². The van der Waals surface area contributed by atoms with Gasteiger partial charge in [0.25, 0.3) is 0 Å². The monoisotopic (exact) mass is 295 g/mol. The molecule has 0 saturated heterocycles. The van der Waals surface area contributed by atoms with Gasteiger partial charge >= 0.3 is 5.97 Å². The van der Waals surface area contributed by atoms with Crippen LogP contribution in [0, 0.1) is 0 Å². The number of nitrogens with one attached hydrogen (secondary N) is 2. The summed E-state index contributed by atoms with van der Waals surface area (Å²) in [7, 11) is 0. The molecule has 0 aromatic carbocycles. The number of carbonyl (C=O) groups is 3. The van der Waals surface area contributed by atoms with Crippen molar-refractivity contribution >= 4 is 43.0 Å². The Balaban J connectivity index is 4.49. The molecule has 0 spiro atoms. The number of carboxylic acids is 1. The highest BCUT2D eigenvalue weighted by Crippen LogP contribution is 1.97. The lowest BCUT2D eigenvalue weighted by Gasteiger charge is -2.19. The number of hydrogen-bond acceptors (Lipinski definition) is 6. The molecule has 0 saturated carbocycles. The summed E-state index contributed by atoms with van der Waals surface area (Å²) < 4.78 is 0. The van der Waals surface area contributed by atoms with Crippen LogP contribution >= 0.6 is 25.3 Å². The smallest absolute Gasteiger partial charge is 0.326 e. The van der Waals surface area contributed by atoms with E-state index in [1.165, 1.54) is 0 Å². The van der Waals surface area contributed by atoms with Gasteiger partial charge in [0.2, 0.25) is 11.8 Å². The van der Waals surface area contributed by atoms with Crippen molar-refractivity contribution in [1.82, 2.24) is 10.6 Å². The van der Waals surface area contributed by atoms with Crippen molar-refractivity contribution in [1.29, 1.82) is 0 Å². The van der Waals surface area contributed by atoms with Crippen LogP contribution in [0.25, 0.3) is 0 Å². The van der Waals surface area contributed by atoms with E-state index >= 15 is 0 Å². The second kappa shape index (κ2) is 9.06. The van der Waals surface area contributed by atoms with Crippen LogP contribution in [0.1, 0.15) is 6.42 Å². The molecular formula is C9H17N3O4S2. The van der Waals surface area contributed by atoms with Gasteiger partial charge < -0.3 is 21.5 Å². The quantitative estimate of drug-likeness (QED) is 0.297. The third-order valence-electron chi connectivity index (χ3n) is 2.05. The number of carboxylic acid groups (broad SMARTS) is 1. The van der Waals surface area contributed by atoms with E-state index in [0.717, 1.165) is 0 Å². The molecular weight excluding hydrogens is 278 g/mol. The van der Waals surface area contributed by atoms with Crippen molar-refractivity contribution in [3.63, 3.8) is 0 Å². The lowest BCUT2D eigenvalue weighted by Crippen LogP contribution is -2.53. The molecule has 0 aromatic rings. The van der Waals surface area contributed by atoms with E-state index in [4.69, 9.17) is 10.8 Å². The summed E-state index contributed by atoms with van der Waals surface area (Å²) in [4.78, 5) is 33.6. The molecule has 0 aliphatic rings. The summed E-state index contributed by atoms with van der Waals surface area (Å²) >= 11 is 7.82. The second-order valence-corrected chi connectivity index (χ2v) is 4.23. The maximum absolute atomic E-state index is 11.7. The Morgan fingerprint density at radius 1 is 1.17 bits per heavy atom. The third kappa shape index (κ3) is 6.12. The molecule has 0 heterocycles. The van der Waals surface area contributed by atoms with E-state index in [1.54, 1.807) is 0 Å². The van der Waals surface area contributed by atoms with Crippen molar-refractivity contribution in [2.24, 2.45) is 5.73 Å². The predicted molar refractivity (Wildman–Crippen MR) is 72.9 cm³/mol. The van der Waals surface area contributed by atoms with Crippen molar-refractivity contribution in [2.75, 3.05) is 18.1 Å². The zero-order valence-corrected chi connectivity index (χ0v) is 11.4. The van der Waals surface area contributed by atoms with Crippen LogP contribution in [0.2, 0.25) is 0 Å². The first-order chi connectivity index (χ1) is 8.46. The van der Waals surface area contributed by atoms with Gasteiger partial charge in [-0.15, -0.1) is 0 Å². The molecule has 104 valence electrons. The number of nitrogens with two attached hydrogens (primary N) is 1. The highest BCUT2D eigenvalue weighted by atomic mass is 32.1. The largest absolute Gasteiger partial charge is 0.480 e. The zero-order valence-electron chi connectivity index (χ0n) is 9.63. The van der Waals surface area contributed by atoms with Gasteiger partial charge in [0.05, 0.1) is 6.54 Å². The molecule has 2 unspecified atom stereocenters. The number of aliphatic carboxylic acids is 1. The van der Waals surface area contributed by atoms with E-state index < -0.39 is 29.9 Å². The van der Waals surface area contributed by atoms with Crippen LogP contribution in [0.3, 0.4) is 0 Å². The third-order valence-corrected chi connectivity index (χ3v) is 2.68. The van der Waals surface area contributed by atoms with Gasteiger partial charge in [-0.3, -0.25) is 9.59 Å². The summed E-state index contributed by atoms with van der Waals surface area (Å²) in [5.41, 5.74) is 5.10. The van der Waals surface area contributed by atoms with E-state index in [9.17, 15) is 14.4 Å². The van der Waals surface area contributed by atoms with Gasteiger partial charge in [-0.25, -0.2) is 4.79 Å². The number of rotatable bonds is 8. The maximum atomic E-state index is 11.7. The van der Waals surface area contributed by atoms with E-state index in [-0.39, 0.29) is 18.7 Å². The first-order valence-electron chi connectivity index (χ1n) is 5.20. The summed E-state index contributed by atoms with van der Waals surface area (Å²) in [5.74, 6) is -1.91.